The Bertz CT molecular complexity index is 1210. The van der Waals surface area contributed by atoms with Crippen molar-refractivity contribution in [1.82, 2.24) is 20.8 Å². The van der Waals surface area contributed by atoms with E-state index in [-0.39, 0.29) is 17.7 Å². The molecule has 1 aromatic carbocycles. The third kappa shape index (κ3) is 4.30. The van der Waals surface area contributed by atoms with Crippen LogP contribution in [0.1, 0.15) is 39.3 Å². The van der Waals surface area contributed by atoms with Gasteiger partial charge in [-0.05, 0) is 43.5 Å². The number of pyridine rings is 2. The number of rotatable bonds is 4. The second kappa shape index (κ2) is 8.35. The van der Waals surface area contributed by atoms with E-state index < -0.39 is 17.4 Å². The molecule has 0 saturated heterocycles. The van der Waals surface area contributed by atoms with Crippen molar-refractivity contribution in [2.75, 3.05) is 0 Å². The topological polar surface area (TPSA) is 128 Å². The van der Waals surface area contributed by atoms with Gasteiger partial charge < -0.3 is 4.98 Å². The summed E-state index contributed by atoms with van der Waals surface area (Å²) < 4.78 is 0. The molecule has 8 heteroatoms. The Morgan fingerprint density at radius 2 is 1.90 bits per heavy atom. The Morgan fingerprint density at radius 3 is 2.66 bits per heavy atom. The summed E-state index contributed by atoms with van der Waals surface area (Å²) in [5, 5.41) is 10.0. The third-order valence-corrected chi connectivity index (χ3v) is 4.67. The molecule has 2 heterocycles. The van der Waals surface area contributed by atoms with E-state index in [1.54, 1.807) is 32.0 Å². The molecule has 0 aliphatic carbocycles. The summed E-state index contributed by atoms with van der Waals surface area (Å²) in [5.74, 6) is -0.921. The minimum Gasteiger partial charge on any atom is -0.325 e. The van der Waals surface area contributed by atoms with Gasteiger partial charge in [0.25, 0.3) is 11.5 Å². The molecule has 0 fully saturated rings. The first kappa shape index (κ1) is 19.8. The maximum atomic E-state index is 12.2. The van der Waals surface area contributed by atoms with Crippen LogP contribution in [0.15, 0.2) is 41.2 Å². The number of nitriles is 1. The minimum atomic E-state index is -0.521. The van der Waals surface area contributed by atoms with Crippen LogP contribution in [0.4, 0.5) is 0 Å². The molecule has 0 spiro atoms. The number of aryl methyl sites for hydroxylation is 1. The van der Waals surface area contributed by atoms with E-state index in [1.807, 2.05) is 24.3 Å². The molecular weight excluding hydrogens is 370 g/mol. The van der Waals surface area contributed by atoms with Crippen LogP contribution in [0.3, 0.4) is 0 Å². The molecular formula is C21H19N5O3. The molecule has 3 N–H and O–H groups in total. The average molecular weight is 389 g/mol. The fourth-order valence-electron chi connectivity index (χ4n) is 3.10. The van der Waals surface area contributed by atoms with Crippen LogP contribution >= 0.6 is 0 Å². The molecule has 3 aromatic rings. The van der Waals surface area contributed by atoms with Gasteiger partial charge in [0.2, 0.25) is 5.91 Å². The zero-order valence-corrected chi connectivity index (χ0v) is 16.0. The van der Waals surface area contributed by atoms with E-state index in [9.17, 15) is 14.4 Å². The third-order valence-electron chi connectivity index (χ3n) is 4.67. The Labute approximate surface area is 166 Å². The predicted octanol–water partition coefficient (Wildman–Crippen LogP) is 1.81. The van der Waals surface area contributed by atoms with E-state index in [1.165, 1.54) is 0 Å². The number of hydrogen-bond acceptors (Lipinski definition) is 5. The van der Waals surface area contributed by atoms with Crippen LogP contribution in [0.2, 0.25) is 0 Å². The first-order valence-electron chi connectivity index (χ1n) is 8.98. The van der Waals surface area contributed by atoms with E-state index in [0.717, 1.165) is 10.9 Å². The molecule has 146 valence electrons. The fraction of sp³-hybridized carbons (Fsp3) is 0.190. The zero-order valence-electron chi connectivity index (χ0n) is 16.0. The molecule has 0 bridgehead atoms. The van der Waals surface area contributed by atoms with Gasteiger partial charge >= 0.3 is 0 Å². The standard InChI is InChI=1S/C21H19N5O3/c1-12-15(13(2)23-20(28)16(12)11-22)8-10-19(27)25-26-21(29)18-9-7-14-5-3-4-6-17(14)24-18/h3-7,9H,8,10H2,1-2H3,(H,23,28)(H,25,27)(H,26,29). The quantitative estimate of drug-likeness (QED) is 0.586. The van der Waals surface area contributed by atoms with E-state index in [4.69, 9.17) is 5.26 Å². The van der Waals surface area contributed by atoms with Crippen LogP contribution in [0.25, 0.3) is 10.9 Å². The van der Waals surface area contributed by atoms with Crippen molar-refractivity contribution in [1.29, 1.82) is 5.26 Å². The van der Waals surface area contributed by atoms with E-state index >= 15 is 0 Å². The Hall–Kier alpha value is -3.99. The lowest BCUT2D eigenvalue weighted by Crippen LogP contribution is -2.42. The molecule has 0 aliphatic rings. The zero-order chi connectivity index (χ0) is 21.0. The molecule has 0 unspecified atom stereocenters. The number of aromatic nitrogens is 2. The van der Waals surface area contributed by atoms with Crippen molar-refractivity contribution in [3.8, 4) is 6.07 Å². The fourth-order valence-corrected chi connectivity index (χ4v) is 3.10. The minimum absolute atomic E-state index is 0.0432. The summed E-state index contributed by atoms with van der Waals surface area (Å²) >= 11 is 0. The summed E-state index contributed by atoms with van der Waals surface area (Å²) in [6.07, 6.45) is 0.392. The van der Waals surface area contributed by atoms with Gasteiger partial charge in [-0.15, -0.1) is 0 Å². The number of hydrazine groups is 1. The number of H-pyrrole nitrogens is 1. The van der Waals surface area contributed by atoms with Crippen molar-refractivity contribution in [3.05, 3.63) is 74.8 Å². The molecule has 3 rings (SSSR count). The van der Waals surface area contributed by atoms with E-state index in [2.05, 4.69) is 20.8 Å². The number of aromatic amines is 1. The lowest BCUT2D eigenvalue weighted by atomic mass is 9.99. The first-order chi connectivity index (χ1) is 13.9. The maximum absolute atomic E-state index is 12.2. The lowest BCUT2D eigenvalue weighted by molar-refractivity contribution is -0.121. The smallest absolute Gasteiger partial charge is 0.288 e. The number of carbonyl (C=O) groups excluding carboxylic acids is 2. The normalized spacial score (nSPS) is 10.4. The van der Waals surface area contributed by atoms with Crippen LogP contribution in [0, 0.1) is 25.2 Å². The van der Waals surface area contributed by atoms with Crippen molar-refractivity contribution in [3.63, 3.8) is 0 Å². The molecule has 2 aromatic heterocycles. The van der Waals surface area contributed by atoms with Crippen molar-refractivity contribution >= 4 is 22.7 Å². The number of nitrogens with one attached hydrogen (secondary N) is 3. The van der Waals surface area contributed by atoms with Crippen molar-refractivity contribution in [2.45, 2.75) is 26.7 Å². The first-order valence-corrected chi connectivity index (χ1v) is 8.98. The maximum Gasteiger partial charge on any atom is 0.288 e. The number of para-hydroxylation sites is 1. The lowest BCUT2D eigenvalue weighted by Gasteiger charge is -2.11. The van der Waals surface area contributed by atoms with Gasteiger partial charge in [-0.3, -0.25) is 25.2 Å². The molecule has 0 atom stereocenters. The molecule has 0 saturated carbocycles. The Balaban J connectivity index is 1.61. The van der Waals surface area contributed by atoms with Crippen LogP contribution in [0.5, 0.6) is 0 Å². The van der Waals surface area contributed by atoms with Gasteiger partial charge in [-0.2, -0.15) is 5.26 Å². The predicted molar refractivity (Wildman–Crippen MR) is 107 cm³/mol. The number of hydrogen-bond donors (Lipinski definition) is 3. The Morgan fingerprint density at radius 1 is 1.14 bits per heavy atom. The summed E-state index contributed by atoms with van der Waals surface area (Å²) in [6, 6.07) is 12.7. The highest BCUT2D eigenvalue weighted by Gasteiger charge is 2.14. The summed E-state index contributed by atoms with van der Waals surface area (Å²) in [4.78, 5) is 43.0. The molecule has 2 amide bonds. The van der Waals surface area contributed by atoms with Gasteiger partial charge in [0.15, 0.2) is 0 Å². The van der Waals surface area contributed by atoms with Crippen LogP contribution < -0.4 is 16.4 Å². The monoisotopic (exact) mass is 389 g/mol. The highest BCUT2D eigenvalue weighted by Crippen LogP contribution is 2.15. The summed E-state index contributed by atoms with van der Waals surface area (Å²) in [7, 11) is 0. The summed E-state index contributed by atoms with van der Waals surface area (Å²) in [6.45, 7) is 3.40. The van der Waals surface area contributed by atoms with E-state index in [0.29, 0.717) is 23.2 Å². The van der Waals surface area contributed by atoms with Crippen LogP contribution in [-0.4, -0.2) is 21.8 Å². The SMILES string of the molecule is Cc1[nH]c(=O)c(C#N)c(C)c1CCC(=O)NNC(=O)c1ccc2ccccc2n1. The number of nitrogens with zero attached hydrogens (tertiary/aromatic N) is 2. The number of carbonyl (C=O) groups is 2. The highest BCUT2D eigenvalue weighted by atomic mass is 16.2. The van der Waals surface area contributed by atoms with Gasteiger partial charge in [-0.25, -0.2) is 4.98 Å². The Kier molecular flexibility index (Phi) is 5.69. The highest BCUT2D eigenvalue weighted by molar-refractivity contribution is 5.95. The van der Waals surface area contributed by atoms with Crippen molar-refractivity contribution in [2.24, 2.45) is 0 Å². The summed E-state index contributed by atoms with van der Waals surface area (Å²) in [5.41, 5.74) is 7.10. The number of fused-ring (bicyclic) bond motifs is 1. The van der Waals surface area contributed by atoms with Crippen molar-refractivity contribution < 1.29 is 9.59 Å². The molecule has 0 aliphatic heterocycles. The van der Waals surface area contributed by atoms with Gasteiger partial charge in [-0.1, -0.05) is 24.3 Å². The molecule has 8 nitrogen and oxygen atoms in total. The van der Waals surface area contributed by atoms with Gasteiger partial charge in [0.1, 0.15) is 17.3 Å². The second-order valence-corrected chi connectivity index (χ2v) is 6.56. The number of amides is 2. The van der Waals surface area contributed by atoms with Crippen LogP contribution in [-0.2, 0) is 11.2 Å². The molecule has 0 radical (unpaired) electrons. The molecule has 29 heavy (non-hydrogen) atoms. The van der Waals surface area contributed by atoms with Gasteiger partial charge in [0, 0.05) is 17.5 Å². The largest absolute Gasteiger partial charge is 0.325 e. The van der Waals surface area contributed by atoms with Gasteiger partial charge in [0.05, 0.1) is 5.52 Å². The number of benzene rings is 1. The average Bonchev–Trinajstić information content (AvgIpc) is 2.71. The second-order valence-electron chi connectivity index (χ2n) is 6.56.